The second kappa shape index (κ2) is 6.94. The Hall–Kier alpha value is -1.55. The van der Waals surface area contributed by atoms with Crippen molar-refractivity contribution in [1.82, 2.24) is 4.90 Å². The van der Waals surface area contributed by atoms with E-state index in [0.29, 0.717) is 0 Å². The van der Waals surface area contributed by atoms with Crippen molar-refractivity contribution in [2.75, 3.05) is 6.54 Å². The van der Waals surface area contributed by atoms with Crippen LogP contribution >= 0.6 is 0 Å². The van der Waals surface area contributed by atoms with Gasteiger partial charge in [0.15, 0.2) is 0 Å². The summed E-state index contributed by atoms with van der Waals surface area (Å²) in [6.45, 7) is 7.15. The minimum atomic E-state index is -0.709. The van der Waals surface area contributed by atoms with Gasteiger partial charge in [0.25, 0.3) is 0 Å². The van der Waals surface area contributed by atoms with Crippen LogP contribution in [0.5, 0.6) is 5.75 Å². The van der Waals surface area contributed by atoms with E-state index in [1.165, 1.54) is 5.56 Å². The number of ether oxygens (including phenoxy) is 1. The Morgan fingerprint density at radius 3 is 2.57 bits per heavy atom. The van der Waals surface area contributed by atoms with Crippen LogP contribution in [0.15, 0.2) is 24.3 Å². The molecule has 0 aromatic heterocycles. The Balaban J connectivity index is 2.04. The third kappa shape index (κ3) is 4.21. The van der Waals surface area contributed by atoms with Crippen molar-refractivity contribution >= 4 is 5.97 Å². The van der Waals surface area contributed by atoms with E-state index in [9.17, 15) is 4.79 Å². The molecule has 21 heavy (non-hydrogen) atoms. The lowest BCUT2D eigenvalue weighted by atomic mass is 10.0. The van der Waals surface area contributed by atoms with Crippen LogP contribution in [0.1, 0.15) is 51.6 Å². The first-order chi connectivity index (χ1) is 9.97. The molecule has 0 radical (unpaired) electrons. The summed E-state index contributed by atoms with van der Waals surface area (Å²) in [7, 11) is 0. The number of carboxylic acid groups (broad SMARTS) is 1. The molecule has 1 N–H and O–H groups in total. The molecule has 0 spiro atoms. The summed E-state index contributed by atoms with van der Waals surface area (Å²) in [5.74, 6) is 0.171. The molecule has 1 aromatic carbocycles. The van der Waals surface area contributed by atoms with Gasteiger partial charge in [-0.25, -0.2) is 0 Å². The van der Waals surface area contributed by atoms with Gasteiger partial charge < -0.3 is 9.84 Å². The highest BCUT2D eigenvalue weighted by atomic mass is 16.5. The smallest absolute Gasteiger partial charge is 0.304 e. The van der Waals surface area contributed by atoms with Gasteiger partial charge in [-0.2, -0.15) is 0 Å². The van der Waals surface area contributed by atoms with Crippen LogP contribution in [0.3, 0.4) is 0 Å². The number of carbonyl (C=O) groups is 1. The number of carboxylic acids is 1. The van der Waals surface area contributed by atoms with Crippen molar-refractivity contribution in [1.29, 1.82) is 0 Å². The molecular weight excluding hydrogens is 266 g/mol. The number of nitrogens with zero attached hydrogens (tertiary/aromatic N) is 1. The van der Waals surface area contributed by atoms with E-state index in [-0.39, 0.29) is 24.6 Å². The molecule has 116 valence electrons. The Labute approximate surface area is 126 Å². The molecule has 4 nitrogen and oxygen atoms in total. The van der Waals surface area contributed by atoms with Gasteiger partial charge in [-0.1, -0.05) is 12.1 Å². The van der Waals surface area contributed by atoms with Crippen molar-refractivity contribution in [2.24, 2.45) is 0 Å². The van der Waals surface area contributed by atoms with E-state index < -0.39 is 5.97 Å². The van der Waals surface area contributed by atoms with Crippen LogP contribution in [-0.2, 0) is 4.79 Å². The van der Waals surface area contributed by atoms with Gasteiger partial charge in [0, 0.05) is 12.1 Å². The molecule has 1 heterocycles. The molecule has 2 rings (SSSR count). The highest BCUT2D eigenvalue weighted by Gasteiger charge is 2.30. The first kappa shape index (κ1) is 15.8. The number of aliphatic carboxylic acids is 1. The second-order valence-electron chi connectivity index (χ2n) is 6.04. The number of hydrogen-bond donors (Lipinski definition) is 1. The van der Waals surface area contributed by atoms with Gasteiger partial charge in [-0.3, -0.25) is 9.69 Å². The van der Waals surface area contributed by atoms with Crippen molar-refractivity contribution in [3.05, 3.63) is 29.8 Å². The van der Waals surface area contributed by atoms with Gasteiger partial charge in [0.2, 0.25) is 0 Å². The van der Waals surface area contributed by atoms with Gasteiger partial charge in [-0.15, -0.1) is 0 Å². The van der Waals surface area contributed by atoms with Crippen molar-refractivity contribution in [2.45, 2.75) is 58.2 Å². The molecule has 1 aromatic rings. The Bertz CT molecular complexity index is 469. The summed E-state index contributed by atoms with van der Waals surface area (Å²) in [6.07, 6.45) is 2.47. The number of benzene rings is 1. The van der Waals surface area contributed by atoms with Gasteiger partial charge in [0.1, 0.15) is 5.75 Å². The summed E-state index contributed by atoms with van der Waals surface area (Å²) in [5, 5.41) is 9.02. The predicted molar refractivity (Wildman–Crippen MR) is 82.6 cm³/mol. The Morgan fingerprint density at radius 2 is 2.00 bits per heavy atom. The summed E-state index contributed by atoms with van der Waals surface area (Å²) >= 11 is 0. The molecule has 4 heteroatoms. The van der Waals surface area contributed by atoms with Crippen molar-refractivity contribution < 1.29 is 14.6 Å². The molecule has 2 atom stereocenters. The van der Waals surface area contributed by atoms with E-state index in [2.05, 4.69) is 24.0 Å². The van der Waals surface area contributed by atoms with Gasteiger partial charge >= 0.3 is 5.97 Å². The molecule has 0 amide bonds. The maximum atomic E-state index is 11.0. The zero-order chi connectivity index (χ0) is 15.4. The maximum Gasteiger partial charge on any atom is 0.304 e. The van der Waals surface area contributed by atoms with Crippen molar-refractivity contribution in [3.63, 3.8) is 0 Å². The van der Waals surface area contributed by atoms with E-state index in [1.807, 2.05) is 26.0 Å². The number of rotatable bonds is 6. The first-order valence-electron chi connectivity index (χ1n) is 7.71. The summed E-state index contributed by atoms with van der Waals surface area (Å²) in [5.41, 5.74) is 1.21. The van der Waals surface area contributed by atoms with Crippen LogP contribution < -0.4 is 4.74 Å². The third-order valence-electron chi connectivity index (χ3n) is 4.06. The van der Waals surface area contributed by atoms with Crippen molar-refractivity contribution in [3.8, 4) is 5.75 Å². The molecule has 1 aliphatic heterocycles. The zero-order valence-electron chi connectivity index (χ0n) is 13.1. The molecule has 1 saturated heterocycles. The maximum absolute atomic E-state index is 11.0. The van der Waals surface area contributed by atoms with E-state index >= 15 is 0 Å². The van der Waals surface area contributed by atoms with Crippen LogP contribution in [0, 0.1) is 0 Å². The van der Waals surface area contributed by atoms with E-state index in [4.69, 9.17) is 9.84 Å². The predicted octanol–water partition coefficient (Wildman–Crippen LogP) is 3.47. The number of hydrogen-bond acceptors (Lipinski definition) is 3. The monoisotopic (exact) mass is 291 g/mol. The molecule has 2 unspecified atom stereocenters. The van der Waals surface area contributed by atoms with Crippen LogP contribution in [-0.4, -0.2) is 34.7 Å². The van der Waals surface area contributed by atoms with Crippen LogP contribution in [0.25, 0.3) is 0 Å². The lowest BCUT2D eigenvalue weighted by molar-refractivity contribution is -0.138. The second-order valence-corrected chi connectivity index (χ2v) is 6.04. The molecule has 1 aliphatic rings. The Morgan fingerprint density at radius 1 is 1.33 bits per heavy atom. The fourth-order valence-electron chi connectivity index (χ4n) is 3.08. The van der Waals surface area contributed by atoms with Crippen LogP contribution in [0.2, 0.25) is 0 Å². The number of likely N-dealkylation sites (tertiary alicyclic amines) is 1. The Kier molecular flexibility index (Phi) is 5.23. The first-order valence-corrected chi connectivity index (χ1v) is 7.71. The highest BCUT2D eigenvalue weighted by molar-refractivity contribution is 5.67. The van der Waals surface area contributed by atoms with Crippen LogP contribution in [0.4, 0.5) is 0 Å². The van der Waals surface area contributed by atoms with Gasteiger partial charge in [0.05, 0.1) is 12.5 Å². The summed E-state index contributed by atoms with van der Waals surface area (Å²) in [4.78, 5) is 13.3. The minimum absolute atomic E-state index is 0.157. The molecule has 0 aliphatic carbocycles. The SMILES string of the molecule is CC(C)Oc1ccc(C(C)N2CCCC2CC(=O)O)cc1. The average molecular weight is 291 g/mol. The molecule has 0 saturated carbocycles. The van der Waals surface area contributed by atoms with E-state index in [1.54, 1.807) is 0 Å². The quantitative estimate of drug-likeness (QED) is 0.872. The normalized spacial score (nSPS) is 20.7. The third-order valence-corrected chi connectivity index (χ3v) is 4.06. The van der Waals surface area contributed by atoms with E-state index in [0.717, 1.165) is 25.1 Å². The summed E-state index contributed by atoms with van der Waals surface area (Å²) < 4.78 is 5.66. The fourth-order valence-corrected chi connectivity index (χ4v) is 3.08. The lowest BCUT2D eigenvalue weighted by Crippen LogP contribution is -2.33. The summed E-state index contributed by atoms with van der Waals surface area (Å²) in [6, 6.07) is 8.55. The average Bonchev–Trinajstić information content (AvgIpc) is 2.85. The standard InChI is InChI=1S/C17H25NO3/c1-12(2)21-16-8-6-14(7-9-16)13(3)18-10-4-5-15(18)11-17(19)20/h6-9,12-13,15H,4-5,10-11H2,1-3H3,(H,19,20). The largest absolute Gasteiger partial charge is 0.491 e. The zero-order valence-corrected chi connectivity index (χ0v) is 13.1. The molecule has 0 bridgehead atoms. The topological polar surface area (TPSA) is 49.8 Å². The molecule has 1 fully saturated rings. The minimum Gasteiger partial charge on any atom is -0.491 e. The fraction of sp³-hybridized carbons (Fsp3) is 0.588. The van der Waals surface area contributed by atoms with Gasteiger partial charge in [-0.05, 0) is 57.9 Å². The lowest BCUT2D eigenvalue weighted by Gasteiger charge is -2.30. The molecular formula is C17H25NO3. The highest BCUT2D eigenvalue weighted by Crippen LogP contribution is 2.31.